The number of fused-ring (bicyclic) bond motifs is 1. The van der Waals surface area contributed by atoms with Gasteiger partial charge in [-0.2, -0.15) is 0 Å². The van der Waals surface area contributed by atoms with Crippen LogP contribution in [-0.2, 0) is 19.9 Å². The molecular formula is C46H50N2S. The van der Waals surface area contributed by atoms with Crippen LogP contribution in [0.3, 0.4) is 0 Å². The van der Waals surface area contributed by atoms with Gasteiger partial charge in [0, 0.05) is 23.1 Å². The maximum Gasteiger partial charge on any atom is 0.151 e. The minimum Gasteiger partial charge on any atom is -0.326 e. The van der Waals surface area contributed by atoms with E-state index in [4.69, 9.17) is 4.98 Å². The molecule has 4 aromatic carbocycles. The lowest BCUT2D eigenvalue weighted by Gasteiger charge is -2.06. The van der Waals surface area contributed by atoms with Crippen molar-refractivity contribution in [1.29, 1.82) is 0 Å². The topological polar surface area (TPSA) is 17.8 Å². The third-order valence-corrected chi connectivity index (χ3v) is 10.6. The lowest BCUT2D eigenvalue weighted by Crippen LogP contribution is -1.92. The summed E-state index contributed by atoms with van der Waals surface area (Å²) in [5.74, 6) is 0.998. The Hall–Kier alpha value is -4.47. The van der Waals surface area contributed by atoms with Gasteiger partial charge in [0.2, 0.25) is 0 Å². The molecule has 3 heteroatoms. The van der Waals surface area contributed by atoms with Crippen LogP contribution in [-0.4, -0.2) is 9.55 Å². The zero-order valence-electron chi connectivity index (χ0n) is 29.5. The van der Waals surface area contributed by atoms with Gasteiger partial charge in [-0.05, 0) is 65.6 Å². The number of unbranched alkanes of at least 4 members (excludes halogenated alkanes) is 6. The Morgan fingerprint density at radius 1 is 0.551 bits per heavy atom. The second-order valence-corrected chi connectivity index (χ2v) is 14.3. The Morgan fingerprint density at radius 3 is 1.69 bits per heavy atom. The second kappa shape index (κ2) is 17.3. The number of hydrogen-bond donors (Lipinski definition) is 0. The molecule has 0 amide bonds. The smallest absolute Gasteiger partial charge is 0.151 e. The highest BCUT2D eigenvalue weighted by Gasteiger charge is 2.17. The van der Waals surface area contributed by atoms with Gasteiger partial charge in [-0.25, -0.2) is 4.98 Å². The summed E-state index contributed by atoms with van der Waals surface area (Å²) >= 11 is 1.80. The molecule has 2 heterocycles. The van der Waals surface area contributed by atoms with Crippen molar-refractivity contribution in [3.63, 3.8) is 0 Å². The summed E-state index contributed by atoms with van der Waals surface area (Å²) in [5, 5.41) is 0. The van der Waals surface area contributed by atoms with Crippen LogP contribution < -0.4 is 0 Å². The van der Waals surface area contributed by atoms with E-state index >= 15 is 0 Å². The van der Waals surface area contributed by atoms with Crippen LogP contribution >= 0.6 is 11.3 Å². The Bertz CT molecular complexity index is 1970. The summed E-state index contributed by atoms with van der Waals surface area (Å²) in [5.41, 5.74) is 11.0. The summed E-state index contributed by atoms with van der Waals surface area (Å²) in [6.45, 7) is 4.54. The van der Waals surface area contributed by atoms with E-state index in [1.807, 2.05) is 0 Å². The zero-order chi connectivity index (χ0) is 33.8. The molecule has 2 nitrogen and oxygen atoms in total. The summed E-state index contributed by atoms with van der Waals surface area (Å²) < 4.78 is 2.28. The third kappa shape index (κ3) is 8.96. The highest BCUT2D eigenvalue weighted by atomic mass is 32.1. The molecule has 250 valence electrons. The van der Waals surface area contributed by atoms with E-state index in [1.165, 1.54) is 94.5 Å². The highest BCUT2D eigenvalue weighted by molar-refractivity contribution is 7.18. The normalized spacial score (nSPS) is 11.8. The fourth-order valence-electron chi connectivity index (χ4n) is 6.55. The molecule has 0 spiro atoms. The van der Waals surface area contributed by atoms with Crippen molar-refractivity contribution in [3.8, 4) is 21.1 Å². The van der Waals surface area contributed by atoms with E-state index in [0.29, 0.717) is 0 Å². The molecule has 0 saturated heterocycles. The van der Waals surface area contributed by atoms with Crippen molar-refractivity contribution in [2.75, 3.05) is 0 Å². The molecule has 0 atom stereocenters. The standard InChI is InChI=1S/C46H50N2S/c1-4-6-8-11-15-35-19-23-37(24-20-35)27-29-40-31-32-41(30-28-38-25-21-36(22-26-38)16-12-9-7-5-2)45-44(40)47-46(48(45)3)43-34-33-42(49-43)39-17-13-10-14-18-39/h10,13-14,17-34H,4-9,11-12,15-16H2,1-3H3/b29-27+,30-28+. The summed E-state index contributed by atoms with van der Waals surface area (Å²) in [4.78, 5) is 7.75. The fourth-order valence-corrected chi connectivity index (χ4v) is 7.58. The van der Waals surface area contributed by atoms with E-state index in [0.717, 1.165) is 35.3 Å². The Labute approximate surface area is 297 Å². The first-order valence-corrected chi connectivity index (χ1v) is 19.1. The fraction of sp³-hybridized carbons (Fsp3) is 0.283. The molecule has 2 aromatic heterocycles. The molecule has 0 aliphatic carbocycles. The third-order valence-electron chi connectivity index (χ3n) is 9.48. The molecule has 0 radical (unpaired) electrons. The second-order valence-electron chi connectivity index (χ2n) is 13.2. The van der Waals surface area contributed by atoms with E-state index < -0.39 is 0 Å². The molecule has 49 heavy (non-hydrogen) atoms. The van der Waals surface area contributed by atoms with E-state index in [9.17, 15) is 0 Å². The van der Waals surface area contributed by atoms with Gasteiger partial charge >= 0.3 is 0 Å². The van der Waals surface area contributed by atoms with Crippen LogP contribution in [0, 0.1) is 0 Å². The summed E-state index contributed by atoms with van der Waals surface area (Å²) in [6, 6.07) is 37.7. The number of thiophene rings is 1. The van der Waals surface area contributed by atoms with Crippen molar-refractivity contribution in [2.24, 2.45) is 7.05 Å². The molecule has 6 aromatic rings. The van der Waals surface area contributed by atoms with Crippen molar-refractivity contribution in [2.45, 2.75) is 78.1 Å². The molecule has 0 unspecified atom stereocenters. The Morgan fingerprint density at radius 2 is 1.10 bits per heavy atom. The van der Waals surface area contributed by atoms with Crippen molar-refractivity contribution < 1.29 is 0 Å². The Balaban J connectivity index is 1.29. The van der Waals surface area contributed by atoms with Crippen LogP contribution in [0.1, 0.15) is 98.6 Å². The lowest BCUT2D eigenvalue weighted by atomic mass is 10.0. The molecule has 0 bridgehead atoms. The minimum absolute atomic E-state index is 0.998. The number of nitrogens with zero attached hydrogens (tertiary/aromatic N) is 2. The number of rotatable bonds is 16. The number of benzene rings is 4. The molecule has 0 fully saturated rings. The molecular weight excluding hydrogens is 613 g/mol. The average Bonchev–Trinajstić information content (AvgIpc) is 3.77. The molecule has 0 aliphatic rings. The molecule has 0 aliphatic heterocycles. The van der Waals surface area contributed by atoms with E-state index in [-0.39, 0.29) is 0 Å². The monoisotopic (exact) mass is 662 g/mol. The van der Waals surface area contributed by atoms with Crippen LogP contribution in [0.4, 0.5) is 0 Å². The van der Waals surface area contributed by atoms with Crippen LogP contribution in [0.25, 0.3) is 56.5 Å². The van der Waals surface area contributed by atoms with Gasteiger partial charge in [0.05, 0.1) is 15.9 Å². The van der Waals surface area contributed by atoms with Crippen LogP contribution in [0.2, 0.25) is 0 Å². The number of imidazole rings is 1. The quantitative estimate of drug-likeness (QED) is 0.0745. The first-order valence-electron chi connectivity index (χ1n) is 18.3. The summed E-state index contributed by atoms with van der Waals surface area (Å²) in [6.07, 6.45) is 21.6. The maximum atomic E-state index is 5.32. The van der Waals surface area contributed by atoms with Gasteiger partial charge in [0.25, 0.3) is 0 Å². The first-order chi connectivity index (χ1) is 24.1. The van der Waals surface area contributed by atoms with E-state index in [2.05, 4.69) is 153 Å². The first kappa shape index (κ1) is 34.4. The van der Waals surface area contributed by atoms with Crippen LogP contribution in [0.15, 0.2) is 103 Å². The predicted octanol–water partition coefficient (Wildman–Crippen LogP) is 13.6. The van der Waals surface area contributed by atoms with Crippen molar-refractivity contribution in [1.82, 2.24) is 9.55 Å². The largest absolute Gasteiger partial charge is 0.326 e. The van der Waals surface area contributed by atoms with Gasteiger partial charge in [-0.15, -0.1) is 11.3 Å². The van der Waals surface area contributed by atoms with Crippen LogP contribution in [0.5, 0.6) is 0 Å². The van der Waals surface area contributed by atoms with Crippen molar-refractivity contribution >= 4 is 46.7 Å². The van der Waals surface area contributed by atoms with Gasteiger partial charge in [0.15, 0.2) is 5.82 Å². The summed E-state index contributed by atoms with van der Waals surface area (Å²) in [7, 11) is 2.16. The number of aromatic nitrogens is 2. The predicted molar refractivity (Wildman–Crippen MR) is 216 cm³/mol. The van der Waals surface area contributed by atoms with Gasteiger partial charge in [-0.3, -0.25) is 0 Å². The van der Waals surface area contributed by atoms with Gasteiger partial charge in [0.1, 0.15) is 0 Å². The highest BCUT2D eigenvalue weighted by Crippen LogP contribution is 2.37. The molecule has 6 rings (SSSR count). The molecule has 0 N–H and O–H groups in total. The maximum absolute atomic E-state index is 5.32. The van der Waals surface area contributed by atoms with Crippen molar-refractivity contribution in [3.05, 3.63) is 137 Å². The minimum atomic E-state index is 0.998. The SMILES string of the molecule is CCCCCCc1ccc(/C=C/c2ccc(/C=C/c3ccc(CCCCCC)cc3)c3c2nc(-c2ccc(-c4ccccc4)s2)n3C)cc1. The van der Waals surface area contributed by atoms with Gasteiger partial charge in [-0.1, -0.05) is 168 Å². The Kier molecular flexibility index (Phi) is 12.1. The number of hydrogen-bond acceptors (Lipinski definition) is 2. The molecule has 0 saturated carbocycles. The lowest BCUT2D eigenvalue weighted by molar-refractivity contribution is 0.667. The van der Waals surface area contributed by atoms with E-state index in [1.54, 1.807) is 11.3 Å². The number of aryl methyl sites for hydroxylation is 3. The zero-order valence-corrected chi connectivity index (χ0v) is 30.3. The van der Waals surface area contributed by atoms with Gasteiger partial charge < -0.3 is 4.57 Å². The average molecular weight is 663 g/mol.